The number of hydrogen-bond donors (Lipinski definition) is 2. The minimum absolute atomic E-state index is 0.283. The van der Waals surface area contributed by atoms with Crippen molar-refractivity contribution in [1.82, 2.24) is 0 Å². The summed E-state index contributed by atoms with van der Waals surface area (Å²) in [5.74, 6) is 1.36. The Morgan fingerprint density at radius 2 is 1.88 bits per heavy atom. The number of phenolic OH excluding ortho intramolecular Hbond substituents is 1. The first-order valence-electron chi connectivity index (χ1n) is 6.50. The van der Waals surface area contributed by atoms with Crippen molar-refractivity contribution in [3.8, 4) is 5.75 Å². The molecule has 0 heterocycles. The van der Waals surface area contributed by atoms with Gasteiger partial charge in [0, 0.05) is 6.42 Å². The van der Waals surface area contributed by atoms with E-state index < -0.39 is 5.60 Å². The molecule has 1 fully saturated rings. The molecule has 1 aliphatic carbocycles. The maximum Gasteiger partial charge on any atom is 0.115 e. The van der Waals surface area contributed by atoms with Crippen LogP contribution in [0, 0.1) is 11.8 Å². The Morgan fingerprint density at radius 1 is 1.24 bits per heavy atom. The predicted molar refractivity (Wildman–Crippen MR) is 68.9 cm³/mol. The minimum atomic E-state index is -0.566. The molecule has 0 radical (unpaired) electrons. The van der Waals surface area contributed by atoms with Gasteiger partial charge in [0.1, 0.15) is 5.75 Å². The molecule has 94 valence electrons. The van der Waals surface area contributed by atoms with Crippen LogP contribution in [-0.4, -0.2) is 15.8 Å². The number of benzene rings is 1. The smallest absolute Gasteiger partial charge is 0.115 e. The molecule has 0 spiro atoms. The molecule has 1 aliphatic rings. The van der Waals surface area contributed by atoms with Crippen molar-refractivity contribution in [3.05, 3.63) is 29.8 Å². The second-order valence-electron chi connectivity index (χ2n) is 5.73. The molecule has 2 N–H and O–H groups in total. The SMILES string of the molecule is CC1CCC(O)(Cc2ccc(O)cc2)C(C)C1. The van der Waals surface area contributed by atoms with Gasteiger partial charge in [0.05, 0.1) is 5.60 Å². The van der Waals surface area contributed by atoms with Crippen LogP contribution in [-0.2, 0) is 6.42 Å². The lowest BCUT2D eigenvalue weighted by Crippen LogP contribution is -2.43. The van der Waals surface area contributed by atoms with Gasteiger partial charge in [-0.2, -0.15) is 0 Å². The van der Waals surface area contributed by atoms with Crippen molar-refractivity contribution in [1.29, 1.82) is 0 Å². The molecule has 2 nitrogen and oxygen atoms in total. The first-order valence-corrected chi connectivity index (χ1v) is 6.50. The summed E-state index contributed by atoms with van der Waals surface area (Å²) in [7, 11) is 0. The van der Waals surface area contributed by atoms with Gasteiger partial charge in [0.2, 0.25) is 0 Å². The fourth-order valence-electron chi connectivity index (χ4n) is 2.91. The third-order valence-electron chi connectivity index (χ3n) is 4.19. The Bertz CT molecular complexity index is 371. The van der Waals surface area contributed by atoms with E-state index in [-0.39, 0.29) is 5.75 Å². The van der Waals surface area contributed by atoms with E-state index in [1.165, 1.54) is 0 Å². The monoisotopic (exact) mass is 234 g/mol. The zero-order valence-corrected chi connectivity index (χ0v) is 10.7. The van der Waals surface area contributed by atoms with Gasteiger partial charge in [0.15, 0.2) is 0 Å². The standard InChI is InChI=1S/C15H22O2/c1-11-7-8-15(17,12(2)9-11)10-13-3-5-14(16)6-4-13/h3-6,11-12,16-17H,7-10H2,1-2H3. The Morgan fingerprint density at radius 3 is 2.47 bits per heavy atom. The Hall–Kier alpha value is -1.02. The molecule has 0 aliphatic heterocycles. The van der Waals surface area contributed by atoms with Crippen LogP contribution < -0.4 is 0 Å². The highest BCUT2D eigenvalue weighted by Gasteiger charge is 2.38. The lowest BCUT2D eigenvalue weighted by atomic mass is 9.70. The van der Waals surface area contributed by atoms with Gasteiger partial charge in [-0.05, 0) is 48.8 Å². The van der Waals surface area contributed by atoms with Crippen molar-refractivity contribution in [3.63, 3.8) is 0 Å². The highest BCUT2D eigenvalue weighted by molar-refractivity contribution is 5.27. The van der Waals surface area contributed by atoms with Gasteiger partial charge in [-0.1, -0.05) is 26.0 Å². The van der Waals surface area contributed by atoms with Crippen molar-refractivity contribution >= 4 is 0 Å². The van der Waals surface area contributed by atoms with Crippen molar-refractivity contribution in [2.75, 3.05) is 0 Å². The summed E-state index contributed by atoms with van der Waals surface area (Å²) in [4.78, 5) is 0. The third kappa shape index (κ3) is 2.81. The summed E-state index contributed by atoms with van der Waals surface area (Å²) in [5, 5.41) is 20.0. The molecule has 0 saturated heterocycles. The second-order valence-corrected chi connectivity index (χ2v) is 5.73. The Balaban J connectivity index is 2.09. The number of rotatable bonds is 2. The van der Waals surface area contributed by atoms with Crippen LogP contribution in [0.5, 0.6) is 5.75 Å². The van der Waals surface area contributed by atoms with Crippen LogP contribution in [0.1, 0.15) is 38.7 Å². The van der Waals surface area contributed by atoms with Crippen LogP contribution >= 0.6 is 0 Å². The van der Waals surface area contributed by atoms with Crippen LogP contribution in [0.2, 0.25) is 0 Å². The molecule has 1 saturated carbocycles. The molecule has 3 atom stereocenters. The molecule has 1 aromatic rings. The molecular weight excluding hydrogens is 212 g/mol. The van der Waals surface area contributed by atoms with Crippen LogP contribution in [0.25, 0.3) is 0 Å². The number of aliphatic hydroxyl groups is 1. The Kier molecular flexibility index (Phi) is 3.43. The topological polar surface area (TPSA) is 40.5 Å². The lowest BCUT2D eigenvalue weighted by Gasteiger charge is -2.41. The van der Waals surface area contributed by atoms with Crippen molar-refractivity contribution in [2.45, 2.75) is 45.1 Å². The zero-order valence-electron chi connectivity index (χ0n) is 10.7. The van der Waals surface area contributed by atoms with E-state index in [2.05, 4.69) is 13.8 Å². The van der Waals surface area contributed by atoms with E-state index in [1.54, 1.807) is 12.1 Å². The average molecular weight is 234 g/mol. The third-order valence-corrected chi connectivity index (χ3v) is 4.19. The van der Waals surface area contributed by atoms with Crippen LogP contribution in [0.3, 0.4) is 0 Å². The second kappa shape index (κ2) is 4.69. The number of aromatic hydroxyl groups is 1. The summed E-state index contributed by atoms with van der Waals surface area (Å²) < 4.78 is 0. The molecule has 2 heteroatoms. The molecule has 3 unspecified atom stereocenters. The normalized spacial score (nSPS) is 33.6. The highest BCUT2D eigenvalue weighted by Crippen LogP contribution is 2.38. The molecule has 0 aromatic heterocycles. The van der Waals surface area contributed by atoms with Gasteiger partial charge in [-0.25, -0.2) is 0 Å². The van der Waals surface area contributed by atoms with Gasteiger partial charge in [-0.15, -0.1) is 0 Å². The summed E-state index contributed by atoms with van der Waals surface area (Å²) in [5.41, 5.74) is 0.537. The van der Waals surface area contributed by atoms with Crippen molar-refractivity contribution in [2.24, 2.45) is 11.8 Å². The number of hydrogen-bond acceptors (Lipinski definition) is 2. The van der Waals surface area contributed by atoms with Gasteiger partial charge in [-0.3, -0.25) is 0 Å². The maximum absolute atomic E-state index is 10.7. The molecular formula is C15H22O2. The fourth-order valence-corrected chi connectivity index (χ4v) is 2.91. The highest BCUT2D eigenvalue weighted by atomic mass is 16.3. The van der Waals surface area contributed by atoms with E-state index in [1.807, 2.05) is 12.1 Å². The van der Waals surface area contributed by atoms with E-state index in [0.717, 1.165) is 30.7 Å². The minimum Gasteiger partial charge on any atom is -0.508 e. The molecule has 17 heavy (non-hydrogen) atoms. The first-order chi connectivity index (χ1) is 7.99. The van der Waals surface area contributed by atoms with E-state index in [0.29, 0.717) is 12.3 Å². The molecule has 0 amide bonds. The van der Waals surface area contributed by atoms with Crippen LogP contribution in [0.4, 0.5) is 0 Å². The predicted octanol–water partition coefficient (Wildman–Crippen LogP) is 3.12. The lowest BCUT2D eigenvalue weighted by molar-refractivity contribution is -0.0522. The van der Waals surface area contributed by atoms with E-state index in [9.17, 15) is 10.2 Å². The molecule has 0 bridgehead atoms. The largest absolute Gasteiger partial charge is 0.508 e. The molecule has 1 aromatic carbocycles. The van der Waals surface area contributed by atoms with Gasteiger partial charge >= 0.3 is 0 Å². The number of phenols is 1. The quantitative estimate of drug-likeness (QED) is 0.825. The summed E-state index contributed by atoms with van der Waals surface area (Å²) in [6.45, 7) is 4.41. The maximum atomic E-state index is 10.7. The van der Waals surface area contributed by atoms with Crippen molar-refractivity contribution < 1.29 is 10.2 Å². The Labute approximate surface area is 103 Å². The average Bonchev–Trinajstić information content (AvgIpc) is 2.28. The van der Waals surface area contributed by atoms with Crippen LogP contribution in [0.15, 0.2) is 24.3 Å². The fraction of sp³-hybridized carbons (Fsp3) is 0.600. The van der Waals surface area contributed by atoms with E-state index in [4.69, 9.17) is 0 Å². The van der Waals surface area contributed by atoms with E-state index >= 15 is 0 Å². The van der Waals surface area contributed by atoms with Gasteiger partial charge in [0.25, 0.3) is 0 Å². The summed E-state index contributed by atoms with van der Waals surface area (Å²) >= 11 is 0. The summed E-state index contributed by atoms with van der Waals surface area (Å²) in [6.07, 6.45) is 3.80. The van der Waals surface area contributed by atoms with Gasteiger partial charge < -0.3 is 10.2 Å². The summed E-state index contributed by atoms with van der Waals surface area (Å²) in [6, 6.07) is 7.18. The zero-order chi connectivity index (χ0) is 12.5. The molecule has 2 rings (SSSR count). The first kappa shape index (κ1) is 12.4.